The second-order valence-electron chi connectivity index (χ2n) is 5.27. The highest BCUT2D eigenvalue weighted by Crippen LogP contribution is 2.34. The van der Waals surface area contributed by atoms with Crippen molar-refractivity contribution < 1.29 is 4.79 Å². The van der Waals surface area contributed by atoms with Crippen molar-refractivity contribution in [3.63, 3.8) is 0 Å². The van der Waals surface area contributed by atoms with E-state index in [0.717, 1.165) is 16.2 Å². The van der Waals surface area contributed by atoms with Crippen molar-refractivity contribution in [3.8, 4) is 6.07 Å². The largest absolute Gasteiger partial charge is 0.294 e. The van der Waals surface area contributed by atoms with Crippen LogP contribution in [0.25, 0.3) is 0 Å². The van der Waals surface area contributed by atoms with Crippen molar-refractivity contribution in [1.29, 1.82) is 5.26 Å². The lowest BCUT2D eigenvalue weighted by Gasteiger charge is -2.09. The first-order valence-corrected chi connectivity index (χ1v) is 7.84. The third kappa shape index (κ3) is 2.86. The lowest BCUT2D eigenvalue weighted by Crippen LogP contribution is -1.96. The summed E-state index contributed by atoms with van der Waals surface area (Å²) >= 11 is 1.57. The Labute approximate surface area is 128 Å². The first kappa shape index (κ1) is 13.9. The second-order valence-corrected chi connectivity index (χ2v) is 6.38. The molecule has 0 amide bonds. The molecule has 0 atom stereocenters. The maximum atomic E-state index is 11.7. The number of rotatable bonds is 3. The molecule has 0 heterocycles. The highest BCUT2D eigenvalue weighted by molar-refractivity contribution is 7.99. The van der Waals surface area contributed by atoms with Gasteiger partial charge in [-0.2, -0.15) is 5.26 Å². The summed E-state index contributed by atoms with van der Waals surface area (Å²) in [6.07, 6.45) is 3.54. The normalized spacial score (nSPS) is 12.8. The molecular weight excluding hydrogens is 278 g/mol. The zero-order valence-corrected chi connectivity index (χ0v) is 12.7. The standard InChI is InChI=1S/C18H15NOS/c1-12(20)17-8-5-13(11-19)9-18(17)21-16-7-6-14-3-2-4-15(14)10-16/h5-10H,2-4H2,1H3. The Kier molecular flexibility index (Phi) is 3.81. The predicted molar refractivity (Wildman–Crippen MR) is 83.8 cm³/mol. The first-order valence-electron chi connectivity index (χ1n) is 7.02. The van der Waals surface area contributed by atoms with Crippen molar-refractivity contribution >= 4 is 17.5 Å². The van der Waals surface area contributed by atoms with E-state index in [9.17, 15) is 4.79 Å². The molecule has 2 aromatic carbocycles. The van der Waals surface area contributed by atoms with Crippen molar-refractivity contribution in [2.24, 2.45) is 0 Å². The minimum atomic E-state index is 0.0307. The number of carbonyl (C=O) groups excluding carboxylic acids is 1. The highest BCUT2D eigenvalue weighted by atomic mass is 32.2. The van der Waals surface area contributed by atoms with Crippen molar-refractivity contribution in [1.82, 2.24) is 0 Å². The van der Waals surface area contributed by atoms with E-state index in [1.165, 1.54) is 24.0 Å². The van der Waals surface area contributed by atoms with Gasteiger partial charge in [-0.05, 0) is 67.6 Å². The number of nitriles is 1. The Morgan fingerprint density at radius 1 is 1.14 bits per heavy atom. The molecule has 104 valence electrons. The lowest BCUT2D eigenvalue weighted by molar-refractivity contribution is 0.101. The number of Topliss-reactive ketones (excluding diaryl/α,β-unsaturated/α-hetero) is 1. The van der Waals surface area contributed by atoms with E-state index < -0.39 is 0 Å². The van der Waals surface area contributed by atoms with Crippen LogP contribution in [-0.2, 0) is 12.8 Å². The Hall–Kier alpha value is -2.05. The monoisotopic (exact) mass is 293 g/mol. The van der Waals surface area contributed by atoms with Crippen LogP contribution in [-0.4, -0.2) is 5.78 Å². The van der Waals surface area contributed by atoms with Gasteiger partial charge in [0.25, 0.3) is 0 Å². The van der Waals surface area contributed by atoms with Gasteiger partial charge in [-0.1, -0.05) is 17.8 Å². The van der Waals surface area contributed by atoms with Crippen LogP contribution in [0.15, 0.2) is 46.2 Å². The number of hydrogen-bond acceptors (Lipinski definition) is 3. The van der Waals surface area contributed by atoms with Crippen molar-refractivity contribution in [2.45, 2.75) is 36.0 Å². The van der Waals surface area contributed by atoms with Gasteiger partial charge < -0.3 is 0 Å². The molecule has 0 saturated carbocycles. The topological polar surface area (TPSA) is 40.9 Å². The SMILES string of the molecule is CC(=O)c1ccc(C#N)cc1Sc1ccc2c(c1)CCC2. The van der Waals surface area contributed by atoms with E-state index in [4.69, 9.17) is 5.26 Å². The summed E-state index contributed by atoms with van der Waals surface area (Å²) in [5.41, 5.74) is 4.13. The maximum Gasteiger partial charge on any atom is 0.160 e. The summed E-state index contributed by atoms with van der Waals surface area (Å²) in [5.74, 6) is 0.0307. The van der Waals surface area contributed by atoms with Crippen LogP contribution in [0.3, 0.4) is 0 Å². The average Bonchev–Trinajstić information content (AvgIpc) is 2.94. The van der Waals surface area contributed by atoms with E-state index in [-0.39, 0.29) is 5.78 Å². The molecule has 21 heavy (non-hydrogen) atoms. The van der Waals surface area contributed by atoms with Crippen LogP contribution in [0, 0.1) is 11.3 Å². The van der Waals surface area contributed by atoms with Crippen molar-refractivity contribution in [3.05, 3.63) is 58.7 Å². The smallest absolute Gasteiger partial charge is 0.160 e. The Bertz CT molecular complexity index is 758. The van der Waals surface area contributed by atoms with Gasteiger partial charge in [-0.25, -0.2) is 0 Å². The van der Waals surface area contributed by atoms with Crippen LogP contribution in [0.4, 0.5) is 0 Å². The first-order chi connectivity index (χ1) is 10.2. The third-order valence-electron chi connectivity index (χ3n) is 3.79. The summed E-state index contributed by atoms with van der Waals surface area (Å²) < 4.78 is 0. The minimum absolute atomic E-state index is 0.0307. The molecule has 0 N–H and O–H groups in total. The third-order valence-corrected chi connectivity index (χ3v) is 4.84. The maximum absolute atomic E-state index is 11.7. The van der Waals surface area contributed by atoms with Gasteiger partial charge in [0.15, 0.2) is 5.78 Å². The fourth-order valence-electron chi connectivity index (χ4n) is 2.71. The number of nitrogens with zero attached hydrogens (tertiary/aromatic N) is 1. The van der Waals surface area contributed by atoms with Gasteiger partial charge in [0, 0.05) is 15.4 Å². The fraction of sp³-hybridized carbons (Fsp3) is 0.222. The van der Waals surface area contributed by atoms with Gasteiger partial charge in [0.05, 0.1) is 11.6 Å². The molecule has 0 saturated heterocycles. The van der Waals surface area contributed by atoms with E-state index in [1.807, 2.05) is 0 Å². The molecule has 1 aliphatic carbocycles. The molecule has 0 unspecified atom stereocenters. The molecule has 0 fully saturated rings. The minimum Gasteiger partial charge on any atom is -0.294 e. The summed E-state index contributed by atoms with van der Waals surface area (Å²) in [4.78, 5) is 13.7. The molecular formula is C18H15NOS. The van der Waals surface area contributed by atoms with E-state index in [1.54, 1.807) is 36.9 Å². The van der Waals surface area contributed by atoms with Gasteiger partial charge in [-0.15, -0.1) is 0 Å². The Balaban J connectivity index is 1.97. The Morgan fingerprint density at radius 2 is 1.95 bits per heavy atom. The number of ketones is 1. The summed E-state index contributed by atoms with van der Waals surface area (Å²) in [6, 6.07) is 13.9. The zero-order valence-electron chi connectivity index (χ0n) is 11.8. The molecule has 3 heteroatoms. The van der Waals surface area contributed by atoms with Gasteiger partial charge >= 0.3 is 0 Å². The van der Waals surface area contributed by atoms with Gasteiger partial charge in [0.2, 0.25) is 0 Å². The molecule has 0 radical (unpaired) electrons. The van der Waals surface area contributed by atoms with E-state index >= 15 is 0 Å². The number of fused-ring (bicyclic) bond motifs is 1. The lowest BCUT2D eigenvalue weighted by atomic mass is 10.1. The predicted octanol–water partition coefficient (Wildman–Crippen LogP) is 4.40. The van der Waals surface area contributed by atoms with Gasteiger partial charge in [0.1, 0.15) is 0 Å². The quantitative estimate of drug-likeness (QED) is 0.787. The van der Waals surface area contributed by atoms with Crippen LogP contribution in [0.2, 0.25) is 0 Å². The Morgan fingerprint density at radius 3 is 2.71 bits per heavy atom. The van der Waals surface area contributed by atoms with E-state index in [2.05, 4.69) is 24.3 Å². The number of hydrogen-bond donors (Lipinski definition) is 0. The molecule has 1 aliphatic rings. The molecule has 2 nitrogen and oxygen atoms in total. The highest BCUT2D eigenvalue weighted by Gasteiger charge is 2.13. The number of aryl methyl sites for hydroxylation is 2. The van der Waals surface area contributed by atoms with Crippen LogP contribution in [0.5, 0.6) is 0 Å². The summed E-state index contributed by atoms with van der Waals surface area (Å²) in [7, 11) is 0. The van der Waals surface area contributed by atoms with Crippen molar-refractivity contribution in [2.75, 3.05) is 0 Å². The molecule has 0 bridgehead atoms. The number of carbonyl (C=O) groups is 1. The molecule has 0 aliphatic heterocycles. The summed E-state index contributed by atoms with van der Waals surface area (Å²) in [5, 5.41) is 9.04. The van der Waals surface area contributed by atoms with Crippen LogP contribution in [0.1, 0.15) is 40.4 Å². The second kappa shape index (κ2) is 5.75. The van der Waals surface area contributed by atoms with Gasteiger partial charge in [-0.3, -0.25) is 4.79 Å². The van der Waals surface area contributed by atoms with E-state index in [0.29, 0.717) is 11.1 Å². The summed E-state index contributed by atoms with van der Waals surface area (Å²) in [6.45, 7) is 1.56. The zero-order chi connectivity index (χ0) is 14.8. The fourth-order valence-corrected chi connectivity index (χ4v) is 3.80. The van der Waals surface area contributed by atoms with Crippen LogP contribution >= 0.6 is 11.8 Å². The molecule has 2 aromatic rings. The molecule has 0 spiro atoms. The molecule has 3 rings (SSSR count). The average molecular weight is 293 g/mol. The molecule has 0 aromatic heterocycles. The number of benzene rings is 2. The van der Waals surface area contributed by atoms with Crippen LogP contribution < -0.4 is 0 Å².